The van der Waals surface area contributed by atoms with E-state index in [4.69, 9.17) is 5.11 Å². The van der Waals surface area contributed by atoms with Crippen LogP contribution >= 0.6 is 11.3 Å². The van der Waals surface area contributed by atoms with Gasteiger partial charge in [-0.15, -0.1) is 11.3 Å². The standard InChI is InChI=1S/C13H19NO4S2/c1-8-3-9(2)5-10(4-8)14-20(17,18)11-6-12(13(15)16)19-7-11/h6-10,14H,3-5H2,1-2H3,(H,15,16). The maximum atomic E-state index is 12.3. The zero-order valence-electron chi connectivity index (χ0n) is 11.5. The van der Waals surface area contributed by atoms with Crippen LogP contribution in [0.4, 0.5) is 0 Å². The minimum Gasteiger partial charge on any atom is -0.477 e. The molecule has 1 aliphatic carbocycles. The molecule has 7 heteroatoms. The van der Waals surface area contributed by atoms with Crippen LogP contribution in [0.25, 0.3) is 0 Å². The normalized spacial score (nSPS) is 27.4. The van der Waals surface area contributed by atoms with Crippen molar-refractivity contribution in [3.63, 3.8) is 0 Å². The van der Waals surface area contributed by atoms with E-state index in [2.05, 4.69) is 18.6 Å². The predicted molar refractivity (Wildman–Crippen MR) is 77.6 cm³/mol. The first-order valence-electron chi connectivity index (χ1n) is 6.62. The van der Waals surface area contributed by atoms with Crippen molar-refractivity contribution in [3.05, 3.63) is 16.3 Å². The Morgan fingerprint density at radius 2 is 1.90 bits per heavy atom. The highest BCUT2D eigenvalue weighted by Gasteiger charge is 2.28. The molecule has 0 aliphatic heterocycles. The number of hydrogen-bond donors (Lipinski definition) is 2. The summed E-state index contributed by atoms with van der Waals surface area (Å²) in [5, 5.41) is 10.2. The quantitative estimate of drug-likeness (QED) is 0.894. The zero-order valence-corrected chi connectivity index (χ0v) is 13.1. The Balaban J connectivity index is 2.12. The van der Waals surface area contributed by atoms with Gasteiger partial charge >= 0.3 is 5.97 Å². The molecule has 2 N–H and O–H groups in total. The van der Waals surface area contributed by atoms with Gasteiger partial charge in [0.15, 0.2) is 0 Å². The van der Waals surface area contributed by atoms with E-state index in [1.54, 1.807) is 0 Å². The Morgan fingerprint density at radius 1 is 1.30 bits per heavy atom. The first-order valence-corrected chi connectivity index (χ1v) is 8.98. The van der Waals surface area contributed by atoms with Gasteiger partial charge in [0.25, 0.3) is 0 Å². The summed E-state index contributed by atoms with van der Waals surface area (Å²) < 4.78 is 27.2. The predicted octanol–water partition coefficient (Wildman–Crippen LogP) is 2.55. The van der Waals surface area contributed by atoms with E-state index in [-0.39, 0.29) is 15.8 Å². The third kappa shape index (κ3) is 3.59. The summed E-state index contributed by atoms with van der Waals surface area (Å²) in [5.41, 5.74) is 0. The summed E-state index contributed by atoms with van der Waals surface area (Å²) in [6, 6.07) is 1.15. The number of thiophene rings is 1. The van der Waals surface area contributed by atoms with E-state index in [0.717, 1.165) is 30.6 Å². The smallest absolute Gasteiger partial charge is 0.345 e. The van der Waals surface area contributed by atoms with Crippen molar-refractivity contribution in [1.29, 1.82) is 0 Å². The topological polar surface area (TPSA) is 83.5 Å². The summed E-state index contributed by atoms with van der Waals surface area (Å²) in [5.74, 6) is -0.0941. The fourth-order valence-electron chi connectivity index (χ4n) is 2.90. The van der Waals surface area contributed by atoms with Gasteiger partial charge in [0.1, 0.15) is 4.88 Å². The van der Waals surface area contributed by atoms with Gasteiger partial charge in [-0.05, 0) is 37.2 Å². The second-order valence-corrected chi connectivity index (χ2v) is 8.31. The highest BCUT2D eigenvalue weighted by atomic mass is 32.2. The fourth-order valence-corrected chi connectivity index (χ4v) is 5.28. The minimum absolute atomic E-state index is 0.0377. The summed E-state index contributed by atoms with van der Waals surface area (Å²) in [6.45, 7) is 4.26. The molecule has 1 aromatic heterocycles. The molecule has 5 nitrogen and oxygen atoms in total. The Kier molecular flexibility index (Phi) is 4.51. The maximum absolute atomic E-state index is 12.3. The van der Waals surface area contributed by atoms with Gasteiger partial charge < -0.3 is 5.11 Å². The van der Waals surface area contributed by atoms with Crippen molar-refractivity contribution in [2.75, 3.05) is 0 Å². The largest absolute Gasteiger partial charge is 0.477 e. The summed E-state index contributed by atoms with van der Waals surface area (Å²) >= 11 is 0.929. The van der Waals surface area contributed by atoms with Crippen LogP contribution in [0.15, 0.2) is 16.3 Å². The van der Waals surface area contributed by atoms with Crippen molar-refractivity contribution < 1.29 is 18.3 Å². The van der Waals surface area contributed by atoms with Gasteiger partial charge in [0.05, 0.1) is 4.90 Å². The number of carboxylic acids is 1. The molecule has 2 atom stereocenters. The molecule has 0 spiro atoms. The third-order valence-corrected chi connectivity index (χ3v) is 6.16. The van der Waals surface area contributed by atoms with Gasteiger partial charge in [-0.1, -0.05) is 13.8 Å². The molecule has 0 bridgehead atoms. The summed E-state index contributed by atoms with van der Waals surface area (Å²) in [7, 11) is -3.62. The van der Waals surface area contributed by atoms with Crippen LogP contribution in [0, 0.1) is 11.8 Å². The molecule has 1 heterocycles. The van der Waals surface area contributed by atoms with Gasteiger partial charge in [-0.25, -0.2) is 17.9 Å². The Labute approximate surface area is 123 Å². The molecule has 1 aliphatic rings. The van der Waals surface area contributed by atoms with Crippen LogP contribution in [0.3, 0.4) is 0 Å². The number of aromatic carboxylic acids is 1. The second-order valence-electron chi connectivity index (χ2n) is 5.69. The van der Waals surface area contributed by atoms with E-state index in [1.165, 1.54) is 11.4 Å². The molecule has 112 valence electrons. The molecular weight excluding hydrogens is 298 g/mol. The van der Waals surface area contributed by atoms with Crippen molar-refractivity contribution >= 4 is 27.3 Å². The first kappa shape index (κ1) is 15.5. The van der Waals surface area contributed by atoms with Crippen molar-refractivity contribution in [2.24, 2.45) is 11.8 Å². The van der Waals surface area contributed by atoms with E-state index in [1.807, 2.05) is 0 Å². The van der Waals surface area contributed by atoms with Crippen molar-refractivity contribution in [1.82, 2.24) is 4.72 Å². The number of carbonyl (C=O) groups is 1. The molecule has 2 unspecified atom stereocenters. The van der Waals surface area contributed by atoms with Crippen LogP contribution in [0.5, 0.6) is 0 Å². The number of rotatable bonds is 4. The van der Waals surface area contributed by atoms with Gasteiger partial charge in [0.2, 0.25) is 10.0 Å². The molecule has 2 rings (SSSR count). The number of hydrogen-bond acceptors (Lipinski definition) is 4. The van der Waals surface area contributed by atoms with E-state index >= 15 is 0 Å². The molecule has 20 heavy (non-hydrogen) atoms. The Bertz CT molecular complexity index is 583. The lowest BCUT2D eigenvalue weighted by atomic mass is 9.81. The minimum atomic E-state index is -3.62. The maximum Gasteiger partial charge on any atom is 0.345 e. The SMILES string of the molecule is CC1CC(C)CC(NS(=O)(=O)c2csc(C(=O)O)c2)C1. The van der Waals surface area contributed by atoms with Crippen LogP contribution in [0.1, 0.15) is 42.8 Å². The zero-order chi connectivity index (χ0) is 14.9. The van der Waals surface area contributed by atoms with E-state index < -0.39 is 16.0 Å². The molecule has 1 aromatic rings. The highest BCUT2D eigenvalue weighted by molar-refractivity contribution is 7.89. The molecular formula is C13H19NO4S2. The van der Waals surface area contributed by atoms with Crippen LogP contribution < -0.4 is 4.72 Å². The van der Waals surface area contributed by atoms with Crippen molar-refractivity contribution in [2.45, 2.75) is 44.0 Å². The second kappa shape index (κ2) is 5.83. The number of sulfonamides is 1. The number of carboxylic acid groups (broad SMARTS) is 1. The summed E-state index contributed by atoms with van der Waals surface area (Å²) in [6.07, 6.45) is 2.79. The Hall–Kier alpha value is -0.920. The van der Waals surface area contributed by atoms with E-state index in [9.17, 15) is 13.2 Å². The molecule has 0 saturated heterocycles. The van der Waals surface area contributed by atoms with Gasteiger partial charge in [-0.3, -0.25) is 0 Å². The average Bonchev–Trinajstić information content (AvgIpc) is 2.76. The molecule has 0 amide bonds. The van der Waals surface area contributed by atoms with Crippen molar-refractivity contribution in [3.8, 4) is 0 Å². The van der Waals surface area contributed by atoms with Crippen LogP contribution in [0.2, 0.25) is 0 Å². The van der Waals surface area contributed by atoms with Gasteiger partial charge in [-0.2, -0.15) is 0 Å². The lowest BCUT2D eigenvalue weighted by molar-refractivity contribution is 0.0702. The lowest BCUT2D eigenvalue weighted by Gasteiger charge is -2.31. The van der Waals surface area contributed by atoms with E-state index in [0.29, 0.717) is 11.8 Å². The summed E-state index contributed by atoms with van der Waals surface area (Å²) in [4.78, 5) is 10.9. The average molecular weight is 317 g/mol. The fraction of sp³-hybridized carbons (Fsp3) is 0.615. The third-order valence-electron chi connectivity index (χ3n) is 3.60. The molecule has 1 fully saturated rings. The first-order chi connectivity index (χ1) is 9.28. The van der Waals surface area contributed by atoms with Gasteiger partial charge in [0, 0.05) is 11.4 Å². The van der Waals surface area contributed by atoms with Crippen LogP contribution in [-0.2, 0) is 10.0 Å². The molecule has 1 saturated carbocycles. The Morgan fingerprint density at radius 3 is 2.40 bits per heavy atom. The number of nitrogens with one attached hydrogen (secondary N) is 1. The highest BCUT2D eigenvalue weighted by Crippen LogP contribution is 2.29. The lowest BCUT2D eigenvalue weighted by Crippen LogP contribution is -2.39. The molecule has 0 radical (unpaired) electrons. The monoisotopic (exact) mass is 317 g/mol. The van der Waals surface area contributed by atoms with Crippen LogP contribution in [-0.4, -0.2) is 25.5 Å². The molecule has 0 aromatic carbocycles.